The van der Waals surface area contributed by atoms with E-state index >= 15 is 0 Å². The third kappa shape index (κ3) is 10.5. The van der Waals surface area contributed by atoms with Crippen molar-refractivity contribution in [3.63, 3.8) is 0 Å². The molecule has 5 atom stereocenters. The van der Waals surface area contributed by atoms with Gasteiger partial charge in [-0.2, -0.15) is 0 Å². The number of hydrogen-bond acceptors (Lipinski definition) is 7. The average Bonchev–Trinajstić information content (AvgIpc) is 3.02. The van der Waals surface area contributed by atoms with Crippen LogP contribution in [-0.2, 0) is 28.5 Å². The largest absolute Gasteiger partial charge is 0.667 e. The van der Waals surface area contributed by atoms with E-state index in [1.807, 2.05) is 6.92 Å². The SMILES string of the molecule is CCOC(C)OC[C@@H]1C[C@H](C(=O)OC(C)(C)C)N(C(=O)OC(C)(C)C)[C@H]1[C@@H]([NH-])C(=O)CC.[Ac]. The summed E-state index contributed by atoms with van der Waals surface area (Å²) in [7, 11) is 0. The van der Waals surface area contributed by atoms with E-state index in [0.717, 1.165) is 0 Å². The van der Waals surface area contributed by atoms with Gasteiger partial charge in [-0.25, -0.2) is 9.59 Å². The van der Waals surface area contributed by atoms with Crippen molar-refractivity contribution in [1.29, 1.82) is 0 Å². The van der Waals surface area contributed by atoms with E-state index in [9.17, 15) is 14.4 Å². The Bertz CT molecular complexity index is 660. The van der Waals surface area contributed by atoms with Crippen LogP contribution in [0.2, 0.25) is 0 Å². The number of amides is 1. The minimum atomic E-state index is -1.24. The second-order valence-corrected chi connectivity index (χ2v) is 10.1. The van der Waals surface area contributed by atoms with E-state index < -0.39 is 53.6 Å². The van der Waals surface area contributed by atoms with Crippen LogP contribution in [0.4, 0.5) is 4.79 Å². The van der Waals surface area contributed by atoms with Crippen LogP contribution in [0.25, 0.3) is 5.73 Å². The van der Waals surface area contributed by atoms with Gasteiger partial charge in [-0.3, -0.25) is 4.90 Å². The normalized spacial score (nSPS) is 22.8. The van der Waals surface area contributed by atoms with E-state index in [4.69, 9.17) is 24.7 Å². The molecule has 1 fully saturated rings. The Morgan fingerprint density at radius 1 is 1.00 bits per heavy atom. The minimum Gasteiger partial charge on any atom is -0.667 e. The number of carbonyl (C=O) groups excluding carboxylic acids is 3. The summed E-state index contributed by atoms with van der Waals surface area (Å²) in [6, 6.07) is -3.11. The Balaban J connectivity index is 0.0000102. The summed E-state index contributed by atoms with van der Waals surface area (Å²) < 4.78 is 22.3. The zero-order chi connectivity index (χ0) is 24.9. The van der Waals surface area contributed by atoms with Crippen LogP contribution in [-0.4, -0.2) is 71.6 Å². The van der Waals surface area contributed by atoms with Gasteiger partial charge in [-0.15, -0.1) is 0 Å². The molecule has 189 valence electrons. The third-order valence-corrected chi connectivity index (χ3v) is 4.93. The quantitative estimate of drug-likeness (QED) is 0.265. The average molecular weight is 685 g/mol. The molecule has 1 rings (SSSR count). The zero-order valence-electron chi connectivity index (χ0n) is 21.6. The molecule has 1 N–H and O–H groups in total. The van der Waals surface area contributed by atoms with E-state index in [-0.39, 0.29) is 69.3 Å². The van der Waals surface area contributed by atoms with Gasteiger partial charge in [0, 0.05) is 69.0 Å². The van der Waals surface area contributed by atoms with Gasteiger partial charge in [-0.1, -0.05) is 13.0 Å². The van der Waals surface area contributed by atoms with Gasteiger partial charge in [0.25, 0.3) is 0 Å². The molecule has 1 radical (unpaired) electrons. The van der Waals surface area contributed by atoms with Crippen LogP contribution in [0.15, 0.2) is 0 Å². The first-order chi connectivity index (χ1) is 14.6. The Morgan fingerprint density at radius 3 is 2.00 bits per heavy atom. The minimum absolute atomic E-state index is 0. The molecule has 0 bridgehead atoms. The molecule has 1 heterocycles. The van der Waals surface area contributed by atoms with Crippen LogP contribution in [0.1, 0.15) is 75.2 Å². The number of nitrogens with one attached hydrogen (secondary N) is 1. The fraction of sp³-hybridized carbons (Fsp3) is 0.870. The molecule has 10 heteroatoms. The van der Waals surface area contributed by atoms with Crippen LogP contribution in [0, 0.1) is 50.0 Å². The second kappa shape index (κ2) is 13.7. The van der Waals surface area contributed by atoms with Gasteiger partial charge in [0.15, 0.2) is 6.29 Å². The maximum absolute atomic E-state index is 13.2. The number of likely N-dealkylation sites (tertiary alicyclic amines) is 1. The molecular formula is C23H41AcN2O7-. The van der Waals surface area contributed by atoms with Crippen molar-refractivity contribution in [2.24, 2.45) is 5.92 Å². The fourth-order valence-corrected chi connectivity index (χ4v) is 3.67. The van der Waals surface area contributed by atoms with Crippen molar-refractivity contribution in [3.05, 3.63) is 5.73 Å². The molecule has 1 saturated heterocycles. The molecule has 0 aliphatic carbocycles. The number of nitrogens with zero attached hydrogens (tertiary/aromatic N) is 1. The summed E-state index contributed by atoms with van der Waals surface area (Å²) in [4.78, 5) is 40.0. The molecule has 0 saturated carbocycles. The van der Waals surface area contributed by atoms with Gasteiger partial charge < -0.3 is 29.5 Å². The Morgan fingerprint density at radius 2 is 1.55 bits per heavy atom. The van der Waals surface area contributed by atoms with Gasteiger partial charge in [0.05, 0.1) is 6.61 Å². The summed E-state index contributed by atoms with van der Waals surface area (Å²) in [5.41, 5.74) is 7.03. The number of rotatable bonds is 9. The molecule has 1 aliphatic heterocycles. The van der Waals surface area contributed by atoms with E-state index in [2.05, 4.69) is 0 Å². The smallest absolute Gasteiger partial charge is 0.411 e. The van der Waals surface area contributed by atoms with Crippen molar-refractivity contribution < 1.29 is 77.4 Å². The number of hydrogen-bond donors (Lipinski definition) is 0. The van der Waals surface area contributed by atoms with Crippen molar-refractivity contribution in [1.82, 2.24) is 4.90 Å². The number of ketones is 1. The van der Waals surface area contributed by atoms with Gasteiger partial charge in [-0.05, 0) is 61.8 Å². The molecule has 0 aromatic heterocycles. The van der Waals surface area contributed by atoms with Crippen molar-refractivity contribution in [3.8, 4) is 0 Å². The molecule has 33 heavy (non-hydrogen) atoms. The Kier molecular flexibility index (Phi) is 13.6. The van der Waals surface area contributed by atoms with Gasteiger partial charge in [0.1, 0.15) is 23.0 Å². The van der Waals surface area contributed by atoms with Crippen molar-refractivity contribution >= 4 is 17.8 Å². The van der Waals surface area contributed by atoms with E-state index in [1.54, 1.807) is 55.4 Å². The molecule has 0 spiro atoms. The zero-order valence-corrected chi connectivity index (χ0v) is 26.3. The Labute approximate surface area is 234 Å². The first-order valence-electron chi connectivity index (χ1n) is 11.3. The summed E-state index contributed by atoms with van der Waals surface area (Å²) in [5, 5.41) is 0. The number of ether oxygens (including phenoxy) is 4. The maximum Gasteiger partial charge on any atom is 0.411 e. The van der Waals surface area contributed by atoms with E-state index in [0.29, 0.717) is 6.61 Å². The summed E-state index contributed by atoms with van der Waals surface area (Å²) in [6.45, 7) is 16.3. The molecule has 9 nitrogen and oxygen atoms in total. The molecule has 0 aromatic rings. The number of carbonyl (C=O) groups is 3. The number of Topliss-reactive ketones (excluding diaryl/α,β-unsaturated/α-hetero) is 1. The van der Waals surface area contributed by atoms with Crippen LogP contribution in [0.5, 0.6) is 0 Å². The Hall–Kier alpha value is -0.268. The first kappa shape index (κ1) is 32.7. The summed E-state index contributed by atoms with van der Waals surface area (Å²) >= 11 is 0. The first-order valence-corrected chi connectivity index (χ1v) is 11.3. The van der Waals surface area contributed by atoms with Crippen molar-refractivity contribution in [2.45, 2.75) is 111 Å². The molecule has 1 amide bonds. The van der Waals surface area contributed by atoms with E-state index in [1.165, 1.54) is 4.90 Å². The molecule has 1 unspecified atom stereocenters. The fourth-order valence-electron chi connectivity index (χ4n) is 3.67. The summed E-state index contributed by atoms with van der Waals surface area (Å²) in [5.74, 6) is -1.36. The standard InChI is InChI=1S/C23H41N2O7.Ac/c1-10-17(26)18(24)19-15(13-30-14(3)29-11-2)12-16(20(27)31-22(4,5)6)25(19)21(28)32-23(7,8)9;/h14-16,18-19,24H,10-13H2,1-9H3;/q-1;/t14?,15-,16+,18-,19+;/m0./s1. The monoisotopic (exact) mass is 684 g/mol. The van der Waals surface area contributed by atoms with Gasteiger partial charge in [0.2, 0.25) is 0 Å². The topological polar surface area (TPSA) is 115 Å². The predicted molar refractivity (Wildman–Crippen MR) is 120 cm³/mol. The molecule has 1 aliphatic rings. The van der Waals surface area contributed by atoms with Crippen LogP contribution >= 0.6 is 0 Å². The molecular weight excluding hydrogens is 643 g/mol. The third-order valence-electron chi connectivity index (χ3n) is 4.93. The van der Waals surface area contributed by atoms with Crippen molar-refractivity contribution in [2.75, 3.05) is 13.2 Å². The van der Waals surface area contributed by atoms with Gasteiger partial charge >= 0.3 is 12.1 Å². The summed E-state index contributed by atoms with van der Waals surface area (Å²) in [6.07, 6.45) is -0.904. The van der Waals surface area contributed by atoms with Crippen LogP contribution in [0.3, 0.4) is 0 Å². The van der Waals surface area contributed by atoms with Crippen LogP contribution < -0.4 is 0 Å². The maximum atomic E-state index is 13.2. The predicted octanol–water partition coefficient (Wildman–Crippen LogP) is 4.12. The molecule has 0 aromatic carbocycles. The second-order valence-electron chi connectivity index (χ2n) is 10.1. The number of esters is 1.